The maximum Gasteiger partial charge on any atom is 0.306 e. The monoisotopic (exact) mass is 901 g/mol. The Morgan fingerprint density at radius 1 is 0.312 bits per heavy atom. The van der Waals surface area contributed by atoms with Gasteiger partial charge in [-0.1, -0.05) is 263 Å². The van der Waals surface area contributed by atoms with Crippen LogP contribution in [0.15, 0.2) is 24.3 Å². The van der Waals surface area contributed by atoms with Crippen LogP contribution in [0.1, 0.15) is 310 Å². The fourth-order valence-electron chi connectivity index (χ4n) is 8.42. The first-order valence-corrected chi connectivity index (χ1v) is 28.3. The van der Waals surface area contributed by atoms with Crippen molar-refractivity contribution >= 4 is 17.9 Å². The molecule has 0 bridgehead atoms. The van der Waals surface area contributed by atoms with Crippen LogP contribution >= 0.6 is 0 Å². The fraction of sp³-hybridized carbons (Fsp3) is 0.879. The van der Waals surface area contributed by atoms with E-state index in [2.05, 4.69) is 45.1 Å². The molecule has 376 valence electrons. The van der Waals surface area contributed by atoms with E-state index in [9.17, 15) is 14.4 Å². The summed E-state index contributed by atoms with van der Waals surface area (Å²) in [7, 11) is 0. The largest absolute Gasteiger partial charge is 0.462 e. The second-order valence-electron chi connectivity index (χ2n) is 19.2. The molecule has 0 rings (SSSR count). The van der Waals surface area contributed by atoms with Crippen LogP contribution in [0.2, 0.25) is 0 Å². The Morgan fingerprint density at radius 3 is 0.891 bits per heavy atom. The summed E-state index contributed by atoms with van der Waals surface area (Å²) in [4.78, 5) is 37.8. The minimum atomic E-state index is -0.768. The third-order valence-corrected chi connectivity index (χ3v) is 12.7. The van der Waals surface area contributed by atoms with Crippen molar-refractivity contribution in [3.63, 3.8) is 0 Å². The van der Waals surface area contributed by atoms with Crippen LogP contribution in [0.5, 0.6) is 0 Å². The average molecular weight is 901 g/mol. The molecule has 1 atom stereocenters. The zero-order chi connectivity index (χ0) is 46.5. The number of esters is 3. The van der Waals surface area contributed by atoms with Crippen molar-refractivity contribution in [2.75, 3.05) is 13.2 Å². The Labute approximate surface area is 398 Å². The Morgan fingerprint density at radius 2 is 0.562 bits per heavy atom. The summed E-state index contributed by atoms with van der Waals surface area (Å²) in [5, 5.41) is 0. The fourth-order valence-corrected chi connectivity index (χ4v) is 8.42. The Kier molecular flexibility index (Phi) is 51.7. The Balaban J connectivity index is 4.09. The zero-order valence-corrected chi connectivity index (χ0v) is 43.1. The Hall–Kier alpha value is -2.11. The van der Waals surface area contributed by atoms with Gasteiger partial charge in [0.25, 0.3) is 0 Å². The van der Waals surface area contributed by atoms with Crippen molar-refractivity contribution in [1.29, 1.82) is 0 Å². The van der Waals surface area contributed by atoms with Crippen LogP contribution < -0.4 is 0 Å². The molecule has 0 amide bonds. The molecular weight excluding hydrogens is 793 g/mol. The number of hydrogen-bond acceptors (Lipinski definition) is 6. The van der Waals surface area contributed by atoms with Crippen LogP contribution in [-0.4, -0.2) is 37.2 Å². The van der Waals surface area contributed by atoms with Gasteiger partial charge in [0.15, 0.2) is 6.10 Å². The standard InChI is InChI=1S/C58H108O6/c1-4-7-10-13-16-18-20-22-24-26-27-28-29-30-31-33-34-36-38-40-42-45-48-51-57(60)63-54-55(53-62-56(59)50-47-44-15-12-9-6-3)64-58(61)52-49-46-43-41-39-37-35-32-25-23-21-19-17-14-11-8-5-2/h17,19,23,25,55H,4-16,18,20-22,24,26-54H2,1-3H3/b19-17-,25-23-. The van der Waals surface area contributed by atoms with Gasteiger partial charge in [0.05, 0.1) is 0 Å². The number of ether oxygens (including phenoxy) is 3. The summed E-state index contributed by atoms with van der Waals surface area (Å²) in [6.45, 7) is 6.59. The van der Waals surface area contributed by atoms with Crippen molar-refractivity contribution in [2.24, 2.45) is 0 Å². The van der Waals surface area contributed by atoms with Gasteiger partial charge < -0.3 is 14.2 Å². The number of allylic oxidation sites excluding steroid dienone is 4. The molecule has 0 aromatic rings. The third-order valence-electron chi connectivity index (χ3n) is 12.7. The number of carbonyl (C=O) groups is 3. The van der Waals surface area contributed by atoms with Gasteiger partial charge in [0, 0.05) is 19.3 Å². The van der Waals surface area contributed by atoms with Crippen molar-refractivity contribution in [1.82, 2.24) is 0 Å². The van der Waals surface area contributed by atoms with E-state index in [-0.39, 0.29) is 31.1 Å². The summed E-state index contributed by atoms with van der Waals surface area (Å²) < 4.78 is 16.7. The second-order valence-corrected chi connectivity index (χ2v) is 19.2. The number of unbranched alkanes of at least 4 members (excludes halogenated alkanes) is 37. The molecule has 0 aromatic carbocycles. The number of carbonyl (C=O) groups excluding carboxylic acids is 3. The molecule has 0 N–H and O–H groups in total. The van der Waals surface area contributed by atoms with Crippen molar-refractivity contribution in [3.05, 3.63) is 24.3 Å². The highest BCUT2D eigenvalue weighted by Gasteiger charge is 2.19. The van der Waals surface area contributed by atoms with Crippen LogP contribution in [0.3, 0.4) is 0 Å². The lowest BCUT2D eigenvalue weighted by molar-refractivity contribution is -0.167. The molecule has 0 heterocycles. The Bertz CT molecular complexity index is 1040. The van der Waals surface area contributed by atoms with Crippen molar-refractivity contribution < 1.29 is 28.6 Å². The van der Waals surface area contributed by atoms with Crippen LogP contribution in [-0.2, 0) is 28.6 Å². The number of hydrogen-bond donors (Lipinski definition) is 0. The topological polar surface area (TPSA) is 78.9 Å². The first-order valence-electron chi connectivity index (χ1n) is 28.3. The minimum Gasteiger partial charge on any atom is -0.462 e. The highest BCUT2D eigenvalue weighted by Crippen LogP contribution is 2.17. The highest BCUT2D eigenvalue weighted by molar-refractivity contribution is 5.71. The predicted octanol–water partition coefficient (Wildman–Crippen LogP) is 18.7. The molecule has 6 heteroatoms. The second kappa shape index (κ2) is 53.5. The molecule has 0 aromatic heterocycles. The zero-order valence-electron chi connectivity index (χ0n) is 43.1. The van der Waals surface area contributed by atoms with Gasteiger partial charge in [-0.25, -0.2) is 0 Å². The first-order chi connectivity index (χ1) is 31.5. The molecule has 6 nitrogen and oxygen atoms in total. The van der Waals surface area contributed by atoms with E-state index in [1.165, 1.54) is 199 Å². The summed E-state index contributed by atoms with van der Waals surface area (Å²) >= 11 is 0. The van der Waals surface area contributed by atoms with E-state index in [0.717, 1.165) is 70.6 Å². The molecule has 0 spiro atoms. The normalized spacial score (nSPS) is 12.1. The molecule has 1 unspecified atom stereocenters. The molecule has 0 aliphatic heterocycles. The van der Waals surface area contributed by atoms with E-state index in [4.69, 9.17) is 14.2 Å². The van der Waals surface area contributed by atoms with Gasteiger partial charge in [-0.05, 0) is 51.4 Å². The maximum atomic E-state index is 12.8. The molecule has 0 fully saturated rings. The quantitative estimate of drug-likeness (QED) is 0.0262. The van der Waals surface area contributed by atoms with E-state index < -0.39 is 6.10 Å². The lowest BCUT2D eigenvalue weighted by atomic mass is 10.0. The van der Waals surface area contributed by atoms with Crippen molar-refractivity contribution in [2.45, 2.75) is 316 Å². The van der Waals surface area contributed by atoms with Gasteiger partial charge in [0.2, 0.25) is 0 Å². The summed E-state index contributed by atoms with van der Waals surface area (Å²) in [6, 6.07) is 0. The summed E-state index contributed by atoms with van der Waals surface area (Å²) in [5.41, 5.74) is 0. The third kappa shape index (κ3) is 50.9. The lowest BCUT2D eigenvalue weighted by Gasteiger charge is -2.18. The summed E-state index contributed by atoms with van der Waals surface area (Å²) in [6.07, 6.45) is 62.0. The van der Waals surface area contributed by atoms with Crippen LogP contribution in [0.4, 0.5) is 0 Å². The van der Waals surface area contributed by atoms with Crippen LogP contribution in [0.25, 0.3) is 0 Å². The molecule has 64 heavy (non-hydrogen) atoms. The van der Waals surface area contributed by atoms with Gasteiger partial charge in [-0.15, -0.1) is 0 Å². The van der Waals surface area contributed by atoms with Crippen molar-refractivity contribution in [3.8, 4) is 0 Å². The van der Waals surface area contributed by atoms with Crippen LogP contribution in [0, 0.1) is 0 Å². The van der Waals surface area contributed by atoms with Gasteiger partial charge in [-0.2, -0.15) is 0 Å². The van der Waals surface area contributed by atoms with Gasteiger partial charge >= 0.3 is 17.9 Å². The smallest absolute Gasteiger partial charge is 0.306 e. The predicted molar refractivity (Wildman–Crippen MR) is 275 cm³/mol. The van der Waals surface area contributed by atoms with E-state index >= 15 is 0 Å². The average Bonchev–Trinajstić information content (AvgIpc) is 3.29. The molecule has 0 aliphatic rings. The van der Waals surface area contributed by atoms with Gasteiger partial charge in [0.1, 0.15) is 13.2 Å². The molecular formula is C58H108O6. The highest BCUT2D eigenvalue weighted by atomic mass is 16.6. The van der Waals surface area contributed by atoms with Gasteiger partial charge in [-0.3, -0.25) is 14.4 Å². The molecule has 0 saturated carbocycles. The lowest BCUT2D eigenvalue weighted by Crippen LogP contribution is -2.30. The molecule has 0 radical (unpaired) electrons. The molecule has 0 saturated heterocycles. The molecule has 0 aliphatic carbocycles. The van der Waals surface area contributed by atoms with E-state index in [1.54, 1.807) is 0 Å². The van der Waals surface area contributed by atoms with E-state index in [1.807, 2.05) is 0 Å². The summed E-state index contributed by atoms with van der Waals surface area (Å²) in [5.74, 6) is -0.871. The van der Waals surface area contributed by atoms with E-state index in [0.29, 0.717) is 19.3 Å². The number of rotatable bonds is 52. The minimum absolute atomic E-state index is 0.0703. The maximum absolute atomic E-state index is 12.8. The first kappa shape index (κ1) is 61.9. The SMILES string of the molecule is CCCCC/C=C\C/C=C\CCCCCCCCCC(=O)OC(COC(=O)CCCCCCCC)COC(=O)CCCCCCCCCCCCCCCCCCCCCCCCC.